The summed E-state index contributed by atoms with van der Waals surface area (Å²) in [6.45, 7) is 7.35. The summed E-state index contributed by atoms with van der Waals surface area (Å²) in [4.78, 5) is 11.1. The second kappa shape index (κ2) is 5.80. The van der Waals surface area contributed by atoms with Crippen molar-refractivity contribution in [2.45, 2.75) is 39.8 Å². The molecular weight excluding hydrogens is 170 g/mol. The number of carbonyl (C=O) groups is 1. The van der Waals surface area contributed by atoms with Gasteiger partial charge in [-0.2, -0.15) is 0 Å². The highest BCUT2D eigenvalue weighted by Gasteiger charge is 2.16. The molecule has 0 aliphatic rings. The molecule has 4 nitrogen and oxygen atoms in total. The summed E-state index contributed by atoms with van der Waals surface area (Å²) in [6.07, 6.45) is -0.603. The lowest BCUT2D eigenvalue weighted by Gasteiger charge is -2.20. The molecule has 13 heavy (non-hydrogen) atoms. The van der Waals surface area contributed by atoms with Crippen molar-refractivity contribution < 1.29 is 14.6 Å². The smallest absolute Gasteiger partial charge is 0.407 e. The Morgan fingerprint density at radius 1 is 1.38 bits per heavy atom. The van der Waals surface area contributed by atoms with Gasteiger partial charge in [0.25, 0.3) is 0 Å². The van der Waals surface area contributed by atoms with E-state index in [9.17, 15) is 4.79 Å². The van der Waals surface area contributed by atoms with Crippen LogP contribution in [0.25, 0.3) is 0 Å². The minimum Gasteiger partial charge on any atom is -0.447 e. The summed E-state index contributed by atoms with van der Waals surface area (Å²) in [7, 11) is 0. The van der Waals surface area contributed by atoms with Gasteiger partial charge in [0.1, 0.15) is 0 Å². The molecule has 0 aliphatic heterocycles. The predicted octanol–water partition coefficient (Wildman–Crippen LogP) is 1.14. The Bertz CT molecular complexity index is 157. The highest BCUT2D eigenvalue weighted by atomic mass is 16.6. The second-order valence-electron chi connectivity index (χ2n) is 3.63. The van der Waals surface area contributed by atoms with E-state index in [4.69, 9.17) is 9.84 Å². The number of aliphatic hydroxyl groups is 1. The van der Waals surface area contributed by atoms with Crippen molar-refractivity contribution in [2.75, 3.05) is 6.61 Å². The Kier molecular flexibility index (Phi) is 5.46. The molecule has 0 aromatic heterocycles. The Labute approximate surface area is 79.3 Å². The number of nitrogens with one attached hydrogen (secondary N) is 1. The van der Waals surface area contributed by atoms with Gasteiger partial charge in [0.05, 0.1) is 18.8 Å². The minimum absolute atomic E-state index is 0.0646. The van der Waals surface area contributed by atoms with Crippen molar-refractivity contribution in [3.63, 3.8) is 0 Å². The van der Waals surface area contributed by atoms with Crippen LogP contribution in [0.1, 0.15) is 27.7 Å². The Morgan fingerprint density at radius 2 is 1.92 bits per heavy atom. The van der Waals surface area contributed by atoms with Gasteiger partial charge in [0.15, 0.2) is 0 Å². The molecule has 0 saturated heterocycles. The zero-order valence-corrected chi connectivity index (χ0v) is 8.70. The van der Waals surface area contributed by atoms with Crippen LogP contribution in [0.3, 0.4) is 0 Å². The molecule has 0 aromatic carbocycles. The summed E-state index contributed by atoms with van der Waals surface area (Å²) >= 11 is 0. The van der Waals surface area contributed by atoms with Crippen LogP contribution in [0.15, 0.2) is 0 Å². The summed E-state index contributed by atoms with van der Waals surface area (Å²) < 4.78 is 4.87. The van der Waals surface area contributed by atoms with Gasteiger partial charge in [-0.15, -0.1) is 0 Å². The fraction of sp³-hybridized carbons (Fsp3) is 0.889. The van der Waals surface area contributed by atoms with Crippen molar-refractivity contribution in [1.29, 1.82) is 0 Å². The molecule has 4 heteroatoms. The van der Waals surface area contributed by atoms with E-state index in [0.717, 1.165) is 0 Å². The Balaban J connectivity index is 3.87. The number of rotatable bonds is 4. The number of carbonyl (C=O) groups excluding carboxylic acids is 1. The number of amides is 1. The van der Waals surface area contributed by atoms with Crippen LogP contribution >= 0.6 is 0 Å². The topological polar surface area (TPSA) is 58.6 Å². The fourth-order valence-electron chi connectivity index (χ4n) is 0.823. The zero-order valence-electron chi connectivity index (χ0n) is 8.70. The minimum atomic E-state index is -0.470. The third kappa shape index (κ3) is 5.47. The van der Waals surface area contributed by atoms with Gasteiger partial charge in [-0.3, -0.25) is 0 Å². The lowest BCUT2D eigenvalue weighted by Crippen LogP contribution is -2.42. The van der Waals surface area contributed by atoms with Crippen LogP contribution in [-0.4, -0.2) is 30.0 Å². The summed E-state index contributed by atoms with van der Waals surface area (Å²) in [5, 5.41) is 11.5. The van der Waals surface area contributed by atoms with E-state index in [1.165, 1.54) is 0 Å². The van der Waals surface area contributed by atoms with E-state index >= 15 is 0 Å². The molecule has 0 bridgehead atoms. The SMILES string of the molecule is CC(C)OC(=O)N[C@H](CO)C(C)C. The Morgan fingerprint density at radius 3 is 2.23 bits per heavy atom. The van der Waals surface area contributed by atoms with E-state index in [1.807, 2.05) is 13.8 Å². The first-order valence-corrected chi connectivity index (χ1v) is 4.55. The van der Waals surface area contributed by atoms with E-state index in [-0.39, 0.29) is 24.7 Å². The summed E-state index contributed by atoms with van der Waals surface area (Å²) in [5.74, 6) is 0.199. The Hall–Kier alpha value is -0.770. The van der Waals surface area contributed by atoms with Crippen molar-refractivity contribution >= 4 is 6.09 Å². The molecule has 0 heterocycles. The van der Waals surface area contributed by atoms with Gasteiger partial charge in [-0.05, 0) is 19.8 Å². The maximum Gasteiger partial charge on any atom is 0.407 e. The molecule has 1 amide bonds. The van der Waals surface area contributed by atoms with Crippen molar-refractivity contribution in [3.8, 4) is 0 Å². The van der Waals surface area contributed by atoms with Gasteiger partial charge in [-0.1, -0.05) is 13.8 Å². The van der Waals surface area contributed by atoms with E-state index in [1.54, 1.807) is 13.8 Å². The monoisotopic (exact) mass is 189 g/mol. The predicted molar refractivity (Wildman–Crippen MR) is 50.5 cm³/mol. The standard InChI is InChI=1S/C9H19NO3/c1-6(2)8(5-11)10-9(12)13-7(3)4/h6-8,11H,5H2,1-4H3,(H,10,12)/t8-/m1/s1. The fourth-order valence-corrected chi connectivity index (χ4v) is 0.823. The van der Waals surface area contributed by atoms with Crippen LogP contribution in [0, 0.1) is 5.92 Å². The van der Waals surface area contributed by atoms with Gasteiger partial charge < -0.3 is 15.2 Å². The largest absolute Gasteiger partial charge is 0.447 e. The number of hydrogen-bond acceptors (Lipinski definition) is 3. The maximum absolute atomic E-state index is 11.1. The molecule has 78 valence electrons. The number of hydrogen-bond donors (Lipinski definition) is 2. The quantitative estimate of drug-likeness (QED) is 0.697. The van der Waals surface area contributed by atoms with Crippen molar-refractivity contribution in [2.24, 2.45) is 5.92 Å². The van der Waals surface area contributed by atoms with Gasteiger partial charge in [0, 0.05) is 0 Å². The molecule has 0 unspecified atom stereocenters. The molecule has 0 rings (SSSR count). The van der Waals surface area contributed by atoms with Gasteiger partial charge >= 0.3 is 6.09 Å². The molecule has 2 N–H and O–H groups in total. The summed E-state index contributed by atoms with van der Waals surface area (Å²) in [6, 6.07) is -0.230. The third-order valence-corrected chi connectivity index (χ3v) is 1.65. The van der Waals surface area contributed by atoms with Crippen molar-refractivity contribution in [3.05, 3.63) is 0 Å². The average Bonchev–Trinajstić information content (AvgIpc) is 1.98. The lowest BCUT2D eigenvalue weighted by atomic mass is 10.1. The average molecular weight is 189 g/mol. The van der Waals surface area contributed by atoms with Gasteiger partial charge in [0.2, 0.25) is 0 Å². The highest BCUT2D eigenvalue weighted by molar-refractivity contribution is 5.67. The number of ether oxygens (including phenoxy) is 1. The zero-order chi connectivity index (χ0) is 10.4. The first-order valence-electron chi connectivity index (χ1n) is 4.55. The molecule has 0 aliphatic carbocycles. The van der Waals surface area contributed by atoms with E-state index in [0.29, 0.717) is 0 Å². The second-order valence-corrected chi connectivity index (χ2v) is 3.63. The normalized spacial score (nSPS) is 13.2. The molecule has 0 aromatic rings. The summed E-state index contributed by atoms with van der Waals surface area (Å²) in [5.41, 5.74) is 0. The molecule has 0 saturated carbocycles. The van der Waals surface area contributed by atoms with Crippen LogP contribution in [0.2, 0.25) is 0 Å². The molecule has 1 atom stereocenters. The van der Waals surface area contributed by atoms with Crippen LogP contribution in [-0.2, 0) is 4.74 Å². The first-order chi connectivity index (χ1) is 5.97. The molecular formula is C9H19NO3. The maximum atomic E-state index is 11.1. The molecule has 0 spiro atoms. The van der Waals surface area contributed by atoms with Gasteiger partial charge in [-0.25, -0.2) is 4.79 Å². The van der Waals surface area contributed by atoms with Crippen LogP contribution in [0.4, 0.5) is 4.79 Å². The van der Waals surface area contributed by atoms with Crippen LogP contribution < -0.4 is 5.32 Å². The number of alkyl carbamates (subject to hydrolysis) is 1. The van der Waals surface area contributed by atoms with E-state index in [2.05, 4.69) is 5.32 Å². The van der Waals surface area contributed by atoms with E-state index < -0.39 is 6.09 Å². The van der Waals surface area contributed by atoms with Crippen LogP contribution in [0.5, 0.6) is 0 Å². The molecule has 0 radical (unpaired) electrons. The molecule has 0 fully saturated rings. The first kappa shape index (κ1) is 12.2. The third-order valence-electron chi connectivity index (χ3n) is 1.65. The van der Waals surface area contributed by atoms with Crippen molar-refractivity contribution in [1.82, 2.24) is 5.32 Å². The highest BCUT2D eigenvalue weighted by Crippen LogP contribution is 2.01. The number of aliphatic hydroxyl groups excluding tert-OH is 1. The lowest BCUT2D eigenvalue weighted by molar-refractivity contribution is 0.103.